The van der Waals surface area contributed by atoms with E-state index in [0.717, 1.165) is 30.4 Å². The van der Waals surface area contributed by atoms with E-state index in [4.69, 9.17) is 9.97 Å². The molecular weight excluding hydrogens is 274 g/mol. The lowest BCUT2D eigenvalue weighted by Crippen LogP contribution is -2.05. The minimum atomic E-state index is 0.888. The summed E-state index contributed by atoms with van der Waals surface area (Å²) in [6.45, 7) is 3.17. The number of aromatic nitrogens is 2. The van der Waals surface area contributed by atoms with Crippen molar-refractivity contribution in [2.24, 2.45) is 0 Å². The molecule has 5 heteroatoms. The van der Waals surface area contributed by atoms with Crippen LogP contribution in [0.15, 0.2) is 0 Å². The highest BCUT2D eigenvalue weighted by Crippen LogP contribution is 2.39. The molecule has 3 nitrogen and oxygen atoms in total. The Labute approximate surface area is 122 Å². The molecule has 2 aromatic heterocycles. The van der Waals surface area contributed by atoms with Crippen molar-refractivity contribution in [3.8, 4) is 0 Å². The van der Waals surface area contributed by atoms with Crippen molar-refractivity contribution in [3.05, 3.63) is 16.3 Å². The second kappa shape index (κ2) is 5.67. The third kappa shape index (κ3) is 2.46. The fourth-order valence-electron chi connectivity index (χ4n) is 2.60. The lowest BCUT2D eigenvalue weighted by Gasteiger charge is -2.08. The molecule has 2 heterocycles. The van der Waals surface area contributed by atoms with E-state index >= 15 is 0 Å². The van der Waals surface area contributed by atoms with Gasteiger partial charge in [0.2, 0.25) is 0 Å². The van der Waals surface area contributed by atoms with Gasteiger partial charge in [-0.1, -0.05) is 6.92 Å². The zero-order valence-electron chi connectivity index (χ0n) is 11.5. The van der Waals surface area contributed by atoms with Crippen LogP contribution in [0.25, 0.3) is 10.2 Å². The highest BCUT2D eigenvalue weighted by Gasteiger charge is 2.22. The summed E-state index contributed by atoms with van der Waals surface area (Å²) >= 11 is 3.65. The zero-order chi connectivity index (χ0) is 13.2. The van der Waals surface area contributed by atoms with E-state index in [1.807, 2.05) is 11.3 Å². The molecule has 19 heavy (non-hydrogen) atoms. The van der Waals surface area contributed by atoms with Gasteiger partial charge in [-0.3, -0.25) is 0 Å². The lowest BCUT2D eigenvalue weighted by molar-refractivity contribution is 0.915. The molecular formula is C14H19N3S2. The molecule has 0 saturated carbocycles. The van der Waals surface area contributed by atoms with Gasteiger partial charge in [-0.25, -0.2) is 9.97 Å². The van der Waals surface area contributed by atoms with Gasteiger partial charge in [0.05, 0.1) is 11.1 Å². The van der Waals surface area contributed by atoms with Gasteiger partial charge >= 0.3 is 0 Å². The number of hydrogen-bond donors (Lipinski definition) is 1. The largest absolute Gasteiger partial charge is 0.369 e. The molecule has 0 aromatic carbocycles. The van der Waals surface area contributed by atoms with Crippen LogP contribution in [0.4, 0.5) is 5.82 Å². The monoisotopic (exact) mass is 293 g/mol. The Balaban J connectivity index is 2.11. The number of fused-ring (bicyclic) bond motifs is 3. The van der Waals surface area contributed by atoms with Crippen molar-refractivity contribution in [2.45, 2.75) is 38.4 Å². The van der Waals surface area contributed by atoms with Gasteiger partial charge in [0.25, 0.3) is 0 Å². The first-order valence-corrected chi connectivity index (χ1v) is 9.08. The first kappa shape index (κ1) is 13.2. The van der Waals surface area contributed by atoms with E-state index in [-0.39, 0.29) is 0 Å². The maximum absolute atomic E-state index is 4.74. The molecule has 0 bridgehead atoms. The summed E-state index contributed by atoms with van der Waals surface area (Å²) in [7, 11) is 0. The van der Waals surface area contributed by atoms with Crippen molar-refractivity contribution in [1.29, 1.82) is 0 Å². The van der Waals surface area contributed by atoms with E-state index in [0.29, 0.717) is 0 Å². The average Bonchev–Trinajstić information content (AvgIpc) is 2.96. The van der Waals surface area contributed by atoms with Crippen molar-refractivity contribution in [2.75, 3.05) is 18.1 Å². The second-order valence-electron chi connectivity index (χ2n) is 4.89. The summed E-state index contributed by atoms with van der Waals surface area (Å²) in [5.41, 5.74) is 1.51. The smallest absolute Gasteiger partial charge is 0.142 e. The van der Waals surface area contributed by atoms with Crippen LogP contribution in [-0.2, 0) is 18.6 Å². The number of rotatable bonds is 5. The summed E-state index contributed by atoms with van der Waals surface area (Å²) in [6, 6.07) is 0. The Morgan fingerprint density at radius 3 is 3.00 bits per heavy atom. The summed E-state index contributed by atoms with van der Waals surface area (Å²) in [5, 5.41) is 4.80. The molecule has 0 aliphatic heterocycles. The first-order valence-electron chi connectivity index (χ1n) is 6.87. The maximum atomic E-state index is 4.74. The third-order valence-electron chi connectivity index (χ3n) is 3.43. The molecule has 0 atom stereocenters. The van der Waals surface area contributed by atoms with Crippen LogP contribution in [0, 0.1) is 0 Å². The summed E-state index contributed by atoms with van der Waals surface area (Å²) in [4.78, 5) is 12.2. The fourth-order valence-corrected chi connectivity index (χ4v) is 4.27. The van der Waals surface area contributed by atoms with Crippen molar-refractivity contribution >= 4 is 39.1 Å². The minimum Gasteiger partial charge on any atom is -0.369 e. The molecule has 1 aliphatic carbocycles. The molecule has 1 aliphatic rings. The highest BCUT2D eigenvalue weighted by atomic mass is 32.2. The van der Waals surface area contributed by atoms with Crippen LogP contribution in [0.1, 0.15) is 36.0 Å². The van der Waals surface area contributed by atoms with Crippen LogP contribution < -0.4 is 5.32 Å². The summed E-state index contributed by atoms with van der Waals surface area (Å²) in [6.07, 6.45) is 6.93. The van der Waals surface area contributed by atoms with E-state index in [2.05, 4.69) is 18.5 Å². The van der Waals surface area contributed by atoms with E-state index in [9.17, 15) is 0 Å². The molecule has 102 valence electrons. The quantitative estimate of drug-likeness (QED) is 0.908. The first-order chi connectivity index (χ1) is 9.33. The van der Waals surface area contributed by atoms with E-state index in [1.165, 1.54) is 39.9 Å². The molecule has 0 saturated heterocycles. The molecule has 1 N–H and O–H groups in total. The minimum absolute atomic E-state index is 0.888. The number of anilines is 1. The SMILES string of the molecule is CCCNc1nc(CSC)nc2sc3c(c12)CCC3. The molecule has 3 rings (SSSR count). The van der Waals surface area contributed by atoms with Crippen LogP contribution in [0.3, 0.4) is 0 Å². The molecule has 0 unspecified atom stereocenters. The molecule has 2 aromatic rings. The van der Waals surface area contributed by atoms with Crippen LogP contribution >= 0.6 is 23.1 Å². The van der Waals surface area contributed by atoms with Gasteiger partial charge < -0.3 is 5.32 Å². The molecule has 0 spiro atoms. The second-order valence-corrected chi connectivity index (χ2v) is 6.84. The number of thioether (sulfide) groups is 1. The average molecular weight is 293 g/mol. The number of hydrogen-bond acceptors (Lipinski definition) is 5. The Bertz CT molecular complexity index is 592. The Hall–Kier alpha value is -0.810. The van der Waals surface area contributed by atoms with Gasteiger partial charge in [0, 0.05) is 11.4 Å². The predicted octanol–water partition coefficient (Wildman–Crippen LogP) is 3.86. The van der Waals surface area contributed by atoms with Gasteiger partial charge in [-0.15, -0.1) is 11.3 Å². The van der Waals surface area contributed by atoms with Crippen molar-refractivity contribution in [3.63, 3.8) is 0 Å². The van der Waals surface area contributed by atoms with E-state index < -0.39 is 0 Å². The summed E-state index contributed by atoms with van der Waals surface area (Å²) in [5.74, 6) is 2.91. The van der Waals surface area contributed by atoms with Gasteiger partial charge in [0.15, 0.2) is 0 Å². The topological polar surface area (TPSA) is 37.8 Å². The van der Waals surface area contributed by atoms with Crippen molar-refractivity contribution in [1.82, 2.24) is 9.97 Å². The van der Waals surface area contributed by atoms with Crippen LogP contribution in [0.5, 0.6) is 0 Å². The lowest BCUT2D eigenvalue weighted by atomic mass is 10.2. The third-order valence-corrected chi connectivity index (χ3v) is 5.16. The molecule has 0 amide bonds. The normalized spacial score (nSPS) is 14.0. The standard InChI is InChI=1S/C14H19N3S2/c1-3-7-15-13-12-9-5-4-6-10(9)19-14(12)17-11(16-13)8-18-2/h3-8H2,1-2H3,(H,15,16,17). The maximum Gasteiger partial charge on any atom is 0.142 e. The Morgan fingerprint density at radius 1 is 1.32 bits per heavy atom. The summed E-state index contributed by atoms with van der Waals surface area (Å²) < 4.78 is 0. The Kier molecular flexibility index (Phi) is 3.93. The van der Waals surface area contributed by atoms with Gasteiger partial charge in [-0.2, -0.15) is 11.8 Å². The Morgan fingerprint density at radius 2 is 2.21 bits per heavy atom. The van der Waals surface area contributed by atoms with Gasteiger partial charge in [-0.05, 0) is 37.5 Å². The predicted molar refractivity (Wildman–Crippen MR) is 85.4 cm³/mol. The van der Waals surface area contributed by atoms with E-state index in [1.54, 1.807) is 11.8 Å². The van der Waals surface area contributed by atoms with Gasteiger partial charge in [0.1, 0.15) is 16.5 Å². The van der Waals surface area contributed by atoms with Crippen LogP contribution in [0.2, 0.25) is 0 Å². The highest BCUT2D eigenvalue weighted by molar-refractivity contribution is 7.97. The van der Waals surface area contributed by atoms with Crippen LogP contribution in [-0.4, -0.2) is 22.8 Å². The molecule has 0 fully saturated rings. The number of aryl methyl sites for hydroxylation is 2. The fraction of sp³-hybridized carbons (Fsp3) is 0.571. The van der Waals surface area contributed by atoms with Crippen molar-refractivity contribution < 1.29 is 0 Å². The zero-order valence-corrected chi connectivity index (χ0v) is 13.1. The number of nitrogens with zero attached hydrogens (tertiary/aromatic N) is 2. The molecule has 0 radical (unpaired) electrons. The number of thiophene rings is 1. The number of nitrogens with one attached hydrogen (secondary N) is 1.